The van der Waals surface area contributed by atoms with Gasteiger partial charge in [-0.05, 0) is 152 Å². The van der Waals surface area contributed by atoms with Crippen LogP contribution in [0.3, 0.4) is 0 Å². The molecule has 8 aromatic carbocycles. The van der Waals surface area contributed by atoms with Crippen LogP contribution in [0, 0.1) is 55.4 Å². The van der Waals surface area contributed by atoms with E-state index in [0.717, 1.165) is 50.1 Å². The number of halogens is 3. The molecule has 17 nitrogen and oxygen atoms in total. The summed E-state index contributed by atoms with van der Waals surface area (Å²) in [6.07, 6.45) is -4.85. The van der Waals surface area contributed by atoms with Crippen LogP contribution in [-0.4, -0.2) is 83.9 Å². The Morgan fingerprint density at radius 1 is 0.261 bits per heavy atom. The van der Waals surface area contributed by atoms with Crippen LogP contribution in [0.2, 0.25) is 0 Å². The SMILES string of the molecule is Cc1nc(C)nc(-c2ccc3c(c2)c2cc(-c4nc(C)nc(C)n4)ccc2n3-c2ccc(-c3cccc(C(F)(F)F)c3-n3c4ccc(-c5nc(C)nc(C)n5)cc4c4cc(-c5nc(C)nc(C)n5)ccc43)cc2-c2nc(-c3ccccc3)nc(-c3ccccc3)n2)n1. The lowest BCUT2D eigenvalue weighted by atomic mass is 9.96. The maximum Gasteiger partial charge on any atom is 0.418 e. The monoisotopic (exact) mass is 1210 g/mol. The number of benzene rings is 8. The zero-order chi connectivity index (χ0) is 63.3. The van der Waals surface area contributed by atoms with E-state index in [9.17, 15) is 0 Å². The molecule has 7 heterocycles. The zero-order valence-electron chi connectivity index (χ0n) is 50.9. The normalized spacial score (nSPS) is 11.9. The van der Waals surface area contributed by atoms with Crippen molar-refractivity contribution in [1.82, 2.24) is 83.9 Å². The largest absolute Gasteiger partial charge is 0.418 e. The van der Waals surface area contributed by atoms with E-state index in [4.69, 9.17) is 34.9 Å². The van der Waals surface area contributed by atoms with Crippen molar-refractivity contribution in [2.45, 2.75) is 61.6 Å². The van der Waals surface area contributed by atoms with E-state index in [-0.39, 0.29) is 17.1 Å². The second-order valence-electron chi connectivity index (χ2n) is 22.6. The van der Waals surface area contributed by atoms with Gasteiger partial charge >= 0.3 is 6.18 Å². The van der Waals surface area contributed by atoms with Gasteiger partial charge in [0.05, 0.1) is 39.0 Å². The molecule has 92 heavy (non-hydrogen) atoms. The van der Waals surface area contributed by atoms with Crippen molar-refractivity contribution in [3.05, 3.63) is 222 Å². The number of hydrogen-bond acceptors (Lipinski definition) is 15. The molecule has 15 aromatic rings. The Labute approximate surface area is 524 Å². The van der Waals surface area contributed by atoms with Gasteiger partial charge in [-0.25, -0.2) is 74.8 Å². The molecular formula is C72H52F3N17. The molecule has 0 aliphatic carbocycles. The molecule has 0 unspecified atom stereocenters. The average molecular weight is 1210 g/mol. The summed E-state index contributed by atoms with van der Waals surface area (Å²) in [5, 5.41) is 2.97. The Balaban J connectivity index is 1.03. The van der Waals surface area contributed by atoms with Gasteiger partial charge in [-0.2, -0.15) is 13.2 Å². The first-order valence-corrected chi connectivity index (χ1v) is 29.6. The molecule has 0 saturated heterocycles. The Kier molecular flexibility index (Phi) is 13.6. The summed E-state index contributed by atoms with van der Waals surface area (Å²) in [4.78, 5) is 71.2. The van der Waals surface area contributed by atoms with E-state index in [1.54, 1.807) is 38.3 Å². The van der Waals surface area contributed by atoms with Gasteiger partial charge in [-0.1, -0.05) is 78.9 Å². The molecule has 0 N–H and O–H groups in total. The number of fused-ring (bicyclic) bond motifs is 6. The van der Waals surface area contributed by atoms with Gasteiger partial charge in [0.1, 0.15) is 46.6 Å². The number of rotatable bonds is 10. The highest BCUT2D eigenvalue weighted by molar-refractivity contribution is 6.13. The minimum Gasteiger partial charge on any atom is -0.308 e. The topological polar surface area (TPSA) is 203 Å². The number of para-hydroxylation sites is 1. The van der Waals surface area contributed by atoms with Gasteiger partial charge in [0.2, 0.25) is 0 Å². The van der Waals surface area contributed by atoms with Crippen LogP contribution < -0.4 is 0 Å². The average Bonchev–Trinajstić information content (AvgIpc) is 1.59. The fraction of sp³-hybridized carbons (Fsp3) is 0.125. The lowest BCUT2D eigenvalue weighted by molar-refractivity contribution is -0.137. The first kappa shape index (κ1) is 56.7. The van der Waals surface area contributed by atoms with Crippen molar-refractivity contribution in [3.63, 3.8) is 0 Å². The molecule has 7 aromatic heterocycles. The number of alkyl halides is 3. The Morgan fingerprint density at radius 2 is 0.587 bits per heavy atom. The van der Waals surface area contributed by atoms with Crippen molar-refractivity contribution in [3.8, 4) is 102 Å². The molecule has 0 radical (unpaired) electrons. The molecule has 0 saturated carbocycles. The van der Waals surface area contributed by atoms with E-state index in [1.807, 2.05) is 167 Å². The zero-order valence-corrected chi connectivity index (χ0v) is 50.9. The van der Waals surface area contributed by atoms with Gasteiger partial charge < -0.3 is 9.13 Å². The minimum absolute atomic E-state index is 0.104. The molecule has 20 heteroatoms. The third-order valence-corrected chi connectivity index (χ3v) is 16.1. The molecule has 0 fully saturated rings. The third kappa shape index (κ3) is 10.3. The Bertz CT molecular complexity index is 5160. The smallest absolute Gasteiger partial charge is 0.308 e. The van der Waals surface area contributed by atoms with Crippen molar-refractivity contribution >= 4 is 43.6 Å². The highest BCUT2D eigenvalue weighted by Crippen LogP contribution is 2.47. The van der Waals surface area contributed by atoms with Gasteiger partial charge in [-0.15, -0.1) is 0 Å². The predicted molar refractivity (Wildman–Crippen MR) is 348 cm³/mol. The van der Waals surface area contributed by atoms with Crippen LogP contribution in [0.25, 0.3) is 146 Å². The van der Waals surface area contributed by atoms with Crippen molar-refractivity contribution < 1.29 is 13.2 Å². The summed E-state index contributed by atoms with van der Waals surface area (Å²) in [6, 6.07) is 52.6. The van der Waals surface area contributed by atoms with E-state index >= 15 is 13.2 Å². The van der Waals surface area contributed by atoms with E-state index in [2.05, 4.69) is 56.6 Å². The van der Waals surface area contributed by atoms with E-state index < -0.39 is 11.7 Å². The van der Waals surface area contributed by atoms with E-state index in [0.29, 0.717) is 131 Å². The lowest BCUT2D eigenvalue weighted by Crippen LogP contribution is -2.12. The molecule has 0 atom stereocenters. The highest BCUT2D eigenvalue weighted by atomic mass is 19.4. The van der Waals surface area contributed by atoms with Crippen LogP contribution in [0.15, 0.2) is 170 Å². The number of nitrogens with zero attached hydrogens (tertiary/aromatic N) is 17. The van der Waals surface area contributed by atoms with Crippen molar-refractivity contribution in [1.29, 1.82) is 0 Å². The minimum atomic E-state index is -4.85. The van der Waals surface area contributed by atoms with Gasteiger partial charge in [-0.3, -0.25) is 0 Å². The van der Waals surface area contributed by atoms with Crippen LogP contribution in [-0.2, 0) is 6.18 Å². The molecule has 0 spiro atoms. The molecule has 446 valence electrons. The number of hydrogen-bond donors (Lipinski definition) is 0. The first-order chi connectivity index (χ1) is 44.4. The lowest BCUT2D eigenvalue weighted by Gasteiger charge is -2.21. The molecule has 15 rings (SSSR count). The fourth-order valence-electron chi connectivity index (χ4n) is 12.3. The predicted octanol–water partition coefficient (Wildman–Crippen LogP) is 15.6. The van der Waals surface area contributed by atoms with Gasteiger partial charge in [0.15, 0.2) is 40.8 Å². The van der Waals surface area contributed by atoms with Gasteiger partial charge in [0.25, 0.3) is 0 Å². The third-order valence-electron chi connectivity index (χ3n) is 16.1. The molecule has 0 aliphatic rings. The fourth-order valence-corrected chi connectivity index (χ4v) is 12.3. The first-order valence-electron chi connectivity index (χ1n) is 29.6. The quantitative estimate of drug-likeness (QED) is 0.125. The summed E-state index contributed by atoms with van der Waals surface area (Å²) in [6.45, 7) is 14.5. The number of aryl methyl sites for hydroxylation is 8. The van der Waals surface area contributed by atoms with Crippen molar-refractivity contribution in [2.75, 3.05) is 0 Å². The highest BCUT2D eigenvalue weighted by Gasteiger charge is 2.37. The van der Waals surface area contributed by atoms with Crippen LogP contribution >= 0.6 is 0 Å². The van der Waals surface area contributed by atoms with Gasteiger partial charge in [0, 0.05) is 66.1 Å². The second-order valence-corrected chi connectivity index (χ2v) is 22.6. The van der Waals surface area contributed by atoms with E-state index in [1.165, 1.54) is 6.07 Å². The summed E-state index contributed by atoms with van der Waals surface area (Å²) < 4.78 is 53.0. The maximum atomic E-state index is 16.4. The molecule has 0 bridgehead atoms. The number of aromatic nitrogens is 17. The van der Waals surface area contributed by atoms with Crippen LogP contribution in [0.5, 0.6) is 0 Å². The molecule has 0 aliphatic heterocycles. The molecular weight excluding hydrogens is 1160 g/mol. The Morgan fingerprint density at radius 3 is 0.946 bits per heavy atom. The summed E-state index contributed by atoms with van der Waals surface area (Å²) in [5.41, 5.74) is 7.71. The van der Waals surface area contributed by atoms with Crippen LogP contribution in [0.4, 0.5) is 13.2 Å². The summed E-state index contributed by atoms with van der Waals surface area (Å²) >= 11 is 0. The second kappa shape index (κ2) is 22.1. The Hall–Kier alpha value is -11.8. The molecule has 0 amide bonds. The van der Waals surface area contributed by atoms with Crippen LogP contribution in [0.1, 0.15) is 52.2 Å². The maximum absolute atomic E-state index is 16.4. The summed E-state index contributed by atoms with van der Waals surface area (Å²) in [5.74, 6) is 7.36. The summed E-state index contributed by atoms with van der Waals surface area (Å²) in [7, 11) is 0. The van der Waals surface area contributed by atoms with Crippen molar-refractivity contribution in [2.24, 2.45) is 0 Å². The standard InChI is InChI=1S/C72H52F3N17/c1-37-76-38(2)81-67(80-37)48-23-28-59-53(33-48)54-34-49(68-82-39(3)77-40(4)83-68)24-29-60(54)91(59)63-27-22-47(32-57(63)71-89-65(45-16-11-9-12-17-45)88-66(90-71)46-18-13-10-14-19-46)52-20-15-21-58(72(73,74)75)64(52)92-61-30-25-50(69-84-41(5)78-42(6)85-69)35-55(61)56-36-51(26-31-62(56)92)70-86-43(7)79-44(8)87-70/h9-36H,1-8H3.